The number of nitrogens with two attached hydrogens (primary N) is 1. The summed E-state index contributed by atoms with van der Waals surface area (Å²) >= 11 is 0. The second-order valence-electron chi connectivity index (χ2n) is 9.90. The molecule has 0 spiro atoms. The summed E-state index contributed by atoms with van der Waals surface area (Å²) in [7, 11) is 0. The van der Waals surface area contributed by atoms with Crippen molar-refractivity contribution in [2.45, 2.75) is 6.54 Å². The van der Waals surface area contributed by atoms with Crippen molar-refractivity contribution in [1.82, 2.24) is 9.97 Å². The van der Waals surface area contributed by atoms with E-state index in [0.717, 1.165) is 60.8 Å². The number of aliphatic imine (C=N–C) groups is 2. The van der Waals surface area contributed by atoms with Gasteiger partial charge >= 0.3 is 0 Å². The number of H-pyrrole nitrogens is 2. The van der Waals surface area contributed by atoms with Crippen molar-refractivity contribution in [2.24, 2.45) is 25.7 Å². The van der Waals surface area contributed by atoms with Gasteiger partial charge < -0.3 is 15.7 Å². The molecular weight excluding hydrogens is 494 g/mol. The third-order valence-corrected chi connectivity index (χ3v) is 7.49. The van der Waals surface area contributed by atoms with Crippen LogP contribution < -0.4 is 16.7 Å². The summed E-state index contributed by atoms with van der Waals surface area (Å²) in [5.74, 6) is 1.95. The summed E-state index contributed by atoms with van der Waals surface area (Å²) in [6.45, 7) is 0.461. The zero-order valence-corrected chi connectivity index (χ0v) is 21.4. The minimum absolute atomic E-state index is 0.461. The molecule has 0 unspecified atom stereocenters. The average Bonchev–Trinajstić information content (AvgIpc) is 3.64. The predicted molar refractivity (Wildman–Crippen MR) is 160 cm³/mol. The lowest BCUT2D eigenvalue weighted by Crippen LogP contribution is -2.13. The molecule has 2 aromatic heterocycles. The molecule has 7 heteroatoms. The highest BCUT2D eigenvalue weighted by atomic mass is 15.1. The fourth-order valence-electron chi connectivity index (χ4n) is 5.56. The largest absolute Gasteiger partial charge is 0.398 e. The number of benzene rings is 4. The van der Waals surface area contributed by atoms with Crippen LogP contribution in [0.1, 0.15) is 27.9 Å². The molecular formula is C33H23N7. The number of hydrogen-bond donors (Lipinski definition) is 3. The zero-order valence-electron chi connectivity index (χ0n) is 21.4. The monoisotopic (exact) mass is 517 g/mol. The second kappa shape index (κ2) is 8.74. The van der Waals surface area contributed by atoms with E-state index in [2.05, 4.69) is 40.3 Å². The van der Waals surface area contributed by atoms with Gasteiger partial charge in [-0.2, -0.15) is 0 Å². The summed E-state index contributed by atoms with van der Waals surface area (Å²) in [5, 5.41) is 4.03. The van der Waals surface area contributed by atoms with Crippen molar-refractivity contribution in [3.05, 3.63) is 136 Å². The van der Waals surface area contributed by atoms with Gasteiger partial charge in [0.1, 0.15) is 16.8 Å². The van der Waals surface area contributed by atoms with Crippen LogP contribution in [0.3, 0.4) is 0 Å². The maximum Gasteiger partial charge on any atom is 0.164 e. The summed E-state index contributed by atoms with van der Waals surface area (Å²) in [6, 6.07) is 32.5. The molecule has 0 amide bonds. The Hall–Kier alpha value is -5.56. The van der Waals surface area contributed by atoms with Crippen LogP contribution in [0.2, 0.25) is 0 Å². The minimum atomic E-state index is 0.461. The maximum atomic E-state index is 6.74. The Morgan fingerprint density at radius 3 is 1.93 bits per heavy atom. The van der Waals surface area contributed by atoms with Crippen molar-refractivity contribution >= 4 is 50.8 Å². The second-order valence-corrected chi connectivity index (χ2v) is 9.90. The minimum Gasteiger partial charge on any atom is -0.398 e. The Kier molecular flexibility index (Phi) is 4.90. The standard InChI is InChI=1S/C33H23N7/c34-27-17-28-21-11-3-4-12-22(21)30(36-28)38-32-25-15-7-8-16-26(25)33(40-32)39-31-24-14-6-5-13-23(24)29(37-31)35-18-19-9-1-2-10-20(19)27/h1-17,36H,18,34H2,(H,35,37,38,39,40)/b27-17-. The van der Waals surface area contributed by atoms with Crippen molar-refractivity contribution < 1.29 is 0 Å². The number of fused-ring (bicyclic) bond motifs is 15. The van der Waals surface area contributed by atoms with E-state index in [9.17, 15) is 0 Å². The number of aromatic nitrogens is 2. The Morgan fingerprint density at radius 1 is 0.550 bits per heavy atom. The zero-order chi connectivity index (χ0) is 26.6. The van der Waals surface area contributed by atoms with Gasteiger partial charge in [0.25, 0.3) is 0 Å². The van der Waals surface area contributed by atoms with Crippen LogP contribution in [0.15, 0.2) is 117 Å². The quantitative estimate of drug-likeness (QED) is 0.247. The molecule has 4 N–H and O–H groups in total. The molecule has 8 rings (SSSR count). The van der Waals surface area contributed by atoms with Crippen LogP contribution >= 0.6 is 0 Å². The maximum absolute atomic E-state index is 6.74. The van der Waals surface area contributed by atoms with Crippen LogP contribution in [-0.4, -0.2) is 21.6 Å². The van der Waals surface area contributed by atoms with Crippen molar-refractivity contribution in [2.75, 3.05) is 0 Å². The third kappa shape index (κ3) is 3.52. The summed E-state index contributed by atoms with van der Waals surface area (Å²) in [5.41, 5.74) is 13.6. The number of nitrogens with one attached hydrogen (secondary N) is 2. The Balaban J connectivity index is 1.47. The lowest BCUT2D eigenvalue weighted by molar-refractivity contribution is 0.969. The molecule has 0 saturated carbocycles. The SMILES string of the molecule is N/C1=C\c2[nH]c(c3ccccc23)/N=C2\N=C(N=c3[nH]c(c4ccccc34)=NCc3ccccc31)c1ccccc12. The van der Waals surface area contributed by atoms with Gasteiger partial charge in [0.05, 0.1) is 6.54 Å². The molecule has 2 aliphatic rings. The molecule has 0 saturated heterocycles. The first-order valence-electron chi connectivity index (χ1n) is 13.2. The third-order valence-electron chi connectivity index (χ3n) is 7.49. The number of hydrogen-bond acceptors (Lipinski definition) is 5. The first-order valence-corrected chi connectivity index (χ1v) is 13.2. The van der Waals surface area contributed by atoms with Crippen molar-refractivity contribution in [3.63, 3.8) is 0 Å². The van der Waals surface area contributed by atoms with Gasteiger partial charge in [0.15, 0.2) is 11.7 Å². The molecule has 0 radical (unpaired) electrons. The smallest absolute Gasteiger partial charge is 0.164 e. The normalized spacial score (nSPS) is 16.9. The van der Waals surface area contributed by atoms with E-state index in [-0.39, 0.29) is 0 Å². The molecule has 6 aromatic rings. The van der Waals surface area contributed by atoms with Gasteiger partial charge in [-0.1, -0.05) is 97.1 Å². The number of nitrogens with zero attached hydrogens (tertiary/aromatic N) is 4. The number of aromatic amines is 2. The molecule has 40 heavy (non-hydrogen) atoms. The summed E-state index contributed by atoms with van der Waals surface area (Å²) < 4.78 is 0. The van der Waals surface area contributed by atoms with E-state index in [0.29, 0.717) is 29.4 Å². The van der Waals surface area contributed by atoms with E-state index >= 15 is 0 Å². The Labute approximate surface area is 228 Å². The molecule has 4 heterocycles. The first-order chi connectivity index (χ1) is 19.7. The fourth-order valence-corrected chi connectivity index (χ4v) is 5.56. The Morgan fingerprint density at radius 2 is 1.15 bits per heavy atom. The van der Waals surface area contributed by atoms with Crippen LogP contribution in [-0.2, 0) is 6.54 Å². The molecule has 0 atom stereocenters. The molecule has 0 aliphatic carbocycles. The molecule has 4 aromatic carbocycles. The van der Waals surface area contributed by atoms with E-state index in [4.69, 9.17) is 25.7 Å². The molecule has 7 nitrogen and oxygen atoms in total. The van der Waals surface area contributed by atoms with Gasteiger partial charge in [-0.05, 0) is 11.6 Å². The molecule has 6 bridgehead atoms. The van der Waals surface area contributed by atoms with Crippen molar-refractivity contribution in [3.8, 4) is 0 Å². The lowest BCUT2D eigenvalue weighted by Gasteiger charge is -2.08. The average molecular weight is 518 g/mol. The van der Waals surface area contributed by atoms with E-state index < -0.39 is 0 Å². The van der Waals surface area contributed by atoms with E-state index in [1.165, 1.54) is 0 Å². The van der Waals surface area contributed by atoms with Crippen LogP contribution in [0, 0.1) is 0 Å². The van der Waals surface area contributed by atoms with E-state index in [1.54, 1.807) is 0 Å². The first kappa shape index (κ1) is 22.4. The summed E-state index contributed by atoms with van der Waals surface area (Å²) in [6.07, 6.45) is 1.98. The van der Waals surface area contributed by atoms with E-state index in [1.807, 2.05) is 72.8 Å². The highest BCUT2D eigenvalue weighted by Crippen LogP contribution is 2.33. The van der Waals surface area contributed by atoms with Gasteiger partial charge in [0.2, 0.25) is 0 Å². The number of rotatable bonds is 0. The van der Waals surface area contributed by atoms with Gasteiger partial charge in [-0.25, -0.2) is 15.0 Å². The number of amidine groups is 2. The van der Waals surface area contributed by atoms with Gasteiger partial charge in [-0.15, -0.1) is 0 Å². The Bertz CT molecular complexity index is 2200. The molecule has 0 fully saturated rings. The lowest BCUT2D eigenvalue weighted by atomic mass is 10.0. The van der Waals surface area contributed by atoms with Crippen LogP contribution in [0.4, 0.5) is 5.82 Å². The predicted octanol–water partition coefficient (Wildman–Crippen LogP) is 5.40. The van der Waals surface area contributed by atoms with Gasteiger partial charge in [0, 0.05) is 49.6 Å². The summed E-state index contributed by atoms with van der Waals surface area (Å²) in [4.78, 5) is 26.9. The fraction of sp³-hybridized carbons (Fsp3) is 0.0303. The van der Waals surface area contributed by atoms with Crippen LogP contribution in [0.25, 0.3) is 33.3 Å². The van der Waals surface area contributed by atoms with Crippen molar-refractivity contribution in [1.29, 1.82) is 0 Å². The van der Waals surface area contributed by atoms with Crippen LogP contribution in [0.5, 0.6) is 0 Å². The molecule has 2 aliphatic heterocycles. The highest BCUT2D eigenvalue weighted by Gasteiger charge is 2.22. The highest BCUT2D eigenvalue weighted by molar-refractivity contribution is 6.23. The van der Waals surface area contributed by atoms with Gasteiger partial charge in [-0.3, -0.25) is 4.99 Å². The topological polar surface area (TPSA) is 107 Å². The molecule has 190 valence electrons.